The van der Waals surface area contributed by atoms with Crippen molar-refractivity contribution in [1.82, 2.24) is 0 Å². The van der Waals surface area contributed by atoms with Crippen molar-refractivity contribution in [3.63, 3.8) is 0 Å². The highest BCUT2D eigenvalue weighted by atomic mass is 35.5. The first-order valence-corrected chi connectivity index (χ1v) is 5.74. The quantitative estimate of drug-likeness (QED) is 0.840. The molecule has 82 valence electrons. The van der Waals surface area contributed by atoms with Gasteiger partial charge < -0.3 is 10.5 Å². The Bertz CT molecular complexity index is 323. The second kappa shape index (κ2) is 4.97. The molecule has 1 aromatic rings. The highest BCUT2D eigenvalue weighted by Crippen LogP contribution is 2.27. The highest BCUT2D eigenvalue weighted by molar-refractivity contribution is 6.30. The monoisotopic (exact) mass is 225 g/mol. The molecule has 1 aliphatic heterocycles. The molecule has 3 heteroatoms. The van der Waals surface area contributed by atoms with Crippen LogP contribution in [0.5, 0.6) is 0 Å². The van der Waals surface area contributed by atoms with E-state index in [2.05, 4.69) is 0 Å². The third-order valence-electron chi connectivity index (χ3n) is 2.94. The van der Waals surface area contributed by atoms with Gasteiger partial charge in [-0.1, -0.05) is 23.7 Å². The van der Waals surface area contributed by atoms with Crippen LogP contribution in [0.3, 0.4) is 0 Å². The molecule has 2 atom stereocenters. The van der Waals surface area contributed by atoms with Gasteiger partial charge in [-0.3, -0.25) is 0 Å². The summed E-state index contributed by atoms with van der Waals surface area (Å²) in [7, 11) is 0. The number of hydrogen-bond donors (Lipinski definition) is 1. The van der Waals surface area contributed by atoms with Gasteiger partial charge in [-0.05, 0) is 30.5 Å². The average molecular weight is 226 g/mol. The fourth-order valence-electron chi connectivity index (χ4n) is 2.03. The molecule has 0 aromatic heterocycles. The van der Waals surface area contributed by atoms with E-state index in [4.69, 9.17) is 22.1 Å². The Balaban J connectivity index is 2.08. The minimum absolute atomic E-state index is 0.0454. The number of benzene rings is 1. The van der Waals surface area contributed by atoms with Gasteiger partial charge in [0.15, 0.2) is 0 Å². The summed E-state index contributed by atoms with van der Waals surface area (Å²) >= 11 is 5.94. The molecule has 1 saturated heterocycles. The van der Waals surface area contributed by atoms with Crippen LogP contribution >= 0.6 is 11.6 Å². The molecule has 0 aliphatic carbocycles. The smallest absolute Gasteiger partial charge is 0.0512 e. The lowest BCUT2D eigenvalue weighted by Crippen LogP contribution is -2.28. The van der Waals surface area contributed by atoms with Crippen molar-refractivity contribution in [2.24, 2.45) is 11.7 Å². The largest absolute Gasteiger partial charge is 0.381 e. The first kappa shape index (κ1) is 10.9. The Hall–Kier alpha value is -0.570. The third kappa shape index (κ3) is 2.71. The molecule has 1 aliphatic rings. The first-order chi connectivity index (χ1) is 7.27. The summed E-state index contributed by atoms with van der Waals surface area (Å²) in [6, 6.07) is 7.84. The molecule has 2 rings (SSSR count). The number of halogens is 1. The molecule has 0 bridgehead atoms. The standard InChI is InChI=1S/C12H16ClNO/c13-11-5-1-3-9(7-11)12(14)10-4-2-6-15-8-10/h1,3,5,7,10,12H,2,4,6,8,14H2. The van der Waals surface area contributed by atoms with Crippen LogP contribution in [0.25, 0.3) is 0 Å². The minimum atomic E-state index is 0.0454. The summed E-state index contributed by atoms with van der Waals surface area (Å²) in [5.41, 5.74) is 7.31. The molecule has 2 nitrogen and oxygen atoms in total. The summed E-state index contributed by atoms with van der Waals surface area (Å²) in [6.45, 7) is 1.65. The van der Waals surface area contributed by atoms with Crippen LogP contribution < -0.4 is 5.73 Å². The van der Waals surface area contributed by atoms with Gasteiger partial charge in [-0.2, -0.15) is 0 Å². The third-order valence-corrected chi connectivity index (χ3v) is 3.17. The predicted octanol–water partition coefficient (Wildman–Crippen LogP) is 2.77. The maximum atomic E-state index is 6.20. The maximum absolute atomic E-state index is 6.20. The van der Waals surface area contributed by atoms with E-state index in [0.717, 1.165) is 36.6 Å². The zero-order valence-electron chi connectivity index (χ0n) is 8.66. The molecular formula is C12H16ClNO. The summed E-state index contributed by atoms with van der Waals surface area (Å²) in [6.07, 6.45) is 2.26. The van der Waals surface area contributed by atoms with Crippen LogP contribution in [0.15, 0.2) is 24.3 Å². The average Bonchev–Trinajstić information content (AvgIpc) is 2.29. The lowest BCUT2D eigenvalue weighted by Gasteiger charge is -2.27. The SMILES string of the molecule is NC(c1cccc(Cl)c1)C1CCCOC1. The first-order valence-electron chi connectivity index (χ1n) is 5.36. The molecule has 2 unspecified atom stereocenters. The van der Waals surface area contributed by atoms with Gasteiger partial charge in [-0.15, -0.1) is 0 Å². The van der Waals surface area contributed by atoms with Gasteiger partial charge in [0.1, 0.15) is 0 Å². The van der Waals surface area contributed by atoms with Crippen molar-refractivity contribution in [1.29, 1.82) is 0 Å². The van der Waals surface area contributed by atoms with Crippen LogP contribution in [0.2, 0.25) is 5.02 Å². The number of hydrogen-bond acceptors (Lipinski definition) is 2. The summed E-state index contributed by atoms with van der Waals surface area (Å²) in [4.78, 5) is 0. The Morgan fingerprint density at radius 3 is 3.00 bits per heavy atom. The highest BCUT2D eigenvalue weighted by Gasteiger charge is 2.22. The molecular weight excluding hydrogens is 210 g/mol. The Morgan fingerprint density at radius 2 is 2.33 bits per heavy atom. The van der Waals surface area contributed by atoms with E-state index in [0.29, 0.717) is 5.92 Å². The van der Waals surface area contributed by atoms with E-state index in [9.17, 15) is 0 Å². The lowest BCUT2D eigenvalue weighted by atomic mass is 9.89. The van der Waals surface area contributed by atoms with E-state index < -0.39 is 0 Å². The Kier molecular flexibility index (Phi) is 3.62. The van der Waals surface area contributed by atoms with Crippen LogP contribution in [0.1, 0.15) is 24.4 Å². The molecule has 0 spiro atoms. The van der Waals surface area contributed by atoms with E-state index in [1.54, 1.807) is 0 Å². The van der Waals surface area contributed by atoms with Crippen molar-refractivity contribution in [3.05, 3.63) is 34.9 Å². The Labute approximate surface area is 95.4 Å². The fraction of sp³-hybridized carbons (Fsp3) is 0.500. The van der Waals surface area contributed by atoms with Gasteiger partial charge in [0.25, 0.3) is 0 Å². The summed E-state index contributed by atoms with van der Waals surface area (Å²) in [5.74, 6) is 0.428. The molecule has 1 heterocycles. The lowest BCUT2D eigenvalue weighted by molar-refractivity contribution is 0.0448. The van der Waals surface area contributed by atoms with Gasteiger partial charge in [0, 0.05) is 23.6 Å². The van der Waals surface area contributed by atoms with Crippen molar-refractivity contribution < 1.29 is 4.74 Å². The summed E-state index contributed by atoms with van der Waals surface area (Å²) in [5, 5.41) is 0.750. The molecule has 1 fully saturated rings. The molecule has 15 heavy (non-hydrogen) atoms. The second-order valence-electron chi connectivity index (χ2n) is 4.06. The molecule has 0 radical (unpaired) electrons. The van der Waals surface area contributed by atoms with Crippen LogP contribution in [-0.4, -0.2) is 13.2 Å². The van der Waals surface area contributed by atoms with E-state index in [1.807, 2.05) is 24.3 Å². The zero-order valence-corrected chi connectivity index (χ0v) is 9.41. The van der Waals surface area contributed by atoms with E-state index >= 15 is 0 Å². The normalized spacial score (nSPS) is 23.7. The van der Waals surface area contributed by atoms with Gasteiger partial charge >= 0.3 is 0 Å². The Morgan fingerprint density at radius 1 is 1.47 bits per heavy atom. The minimum Gasteiger partial charge on any atom is -0.381 e. The number of ether oxygens (including phenoxy) is 1. The van der Waals surface area contributed by atoms with Gasteiger partial charge in [-0.25, -0.2) is 0 Å². The molecule has 0 amide bonds. The van der Waals surface area contributed by atoms with Crippen molar-refractivity contribution in [2.75, 3.05) is 13.2 Å². The predicted molar refractivity (Wildman–Crippen MR) is 61.9 cm³/mol. The number of nitrogens with two attached hydrogens (primary N) is 1. The maximum Gasteiger partial charge on any atom is 0.0512 e. The fourth-order valence-corrected chi connectivity index (χ4v) is 2.23. The van der Waals surface area contributed by atoms with E-state index in [1.165, 1.54) is 0 Å². The van der Waals surface area contributed by atoms with Gasteiger partial charge in [0.05, 0.1) is 6.61 Å². The number of rotatable bonds is 2. The summed E-state index contributed by atoms with van der Waals surface area (Å²) < 4.78 is 5.44. The topological polar surface area (TPSA) is 35.2 Å². The van der Waals surface area contributed by atoms with Crippen molar-refractivity contribution >= 4 is 11.6 Å². The van der Waals surface area contributed by atoms with Crippen molar-refractivity contribution in [2.45, 2.75) is 18.9 Å². The van der Waals surface area contributed by atoms with Crippen LogP contribution in [0.4, 0.5) is 0 Å². The molecule has 2 N–H and O–H groups in total. The second-order valence-corrected chi connectivity index (χ2v) is 4.49. The van der Waals surface area contributed by atoms with Gasteiger partial charge in [0.2, 0.25) is 0 Å². The van der Waals surface area contributed by atoms with E-state index in [-0.39, 0.29) is 6.04 Å². The van der Waals surface area contributed by atoms with Crippen LogP contribution in [0, 0.1) is 5.92 Å². The molecule has 1 aromatic carbocycles. The molecule has 0 saturated carbocycles. The van der Waals surface area contributed by atoms with Crippen molar-refractivity contribution in [3.8, 4) is 0 Å². The van der Waals surface area contributed by atoms with Crippen LogP contribution in [-0.2, 0) is 4.74 Å². The zero-order chi connectivity index (χ0) is 10.7.